The molecule has 1 heterocycles. The van der Waals surface area contributed by atoms with Gasteiger partial charge in [0.25, 0.3) is 0 Å². The van der Waals surface area contributed by atoms with Gasteiger partial charge in [-0.2, -0.15) is 0 Å². The molecule has 0 bridgehead atoms. The minimum atomic E-state index is 0.304. The summed E-state index contributed by atoms with van der Waals surface area (Å²) in [6.07, 6.45) is 5.56. The lowest BCUT2D eigenvalue weighted by molar-refractivity contribution is 0.0308. The SMILES string of the molecule is CCNCC1(Cc2ccc(C)c(C)c2)CCOC1C1CC1. The van der Waals surface area contributed by atoms with E-state index in [1.54, 1.807) is 0 Å². The third kappa shape index (κ3) is 3.17. The second-order valence-electron chi connectivity index (χ2n) is 7.12. The standard InChI is InChI=1S/C19H29NO/c1-4-20-13-19(9-10-21-18(19)17-7-8-17)12-16-6-5-14(2)15(3)11-16/h5-6,11,17-18,20H,4,7-10,12-13H2,1-3H3. The Labute approximate surface area is 129 Å². The number of nitrogens with one attached hydrogen (secondary N) is 1. The average molecular weight is 287 g/mol. The maximum Gasteiger partial charge on any atom is 0.0675 e. The molecule has 3 rings (SSSR count). The lowest BCUT2D eigenvalue weighted by Gasteiger charge is -2.35. The summed E-state index contributed by atoms with van der Waals surface area (Å²) >= 11 is 0. The highest BCUT2D eigenvalue weighted by Gasteiger charge is 2.50. The zero-order valence-electron chi connectivity index (χ0n) is 13.7. The highest BCUT2D eigenvalue weighted by molar-refractivity contribution is 5.31. The number of ether oxygens (including phenoxy) is 1. The van der Waals surface area contributed by atoms with Gasteiger partial charge in [-0.1, -0.05) is 25.1 Å². The summed E-state index contributed by atoms with van der Waals surface area (Å²) in [5.74, 6) is 0.817. The second kappa shape index (κ2) is 6.10. The number of hydrogen-bond acceptors (Lipinski definition) is 2. The van der Waals surface area contributed by atoms with Gasteiger partial charge in [0, 0.05) is 18.6 Å². The van der Waals surface area contributed by atoms with Gasteiger partial charge in [-0.05, 0) is 68.7 Å². The monoisotopic (exact) mass is 287 g/mol. The van der Waals surface area contributed by atoms with Crippen LogP contribution in [0.5, 0.6) is 0 Å². The number of rotatable bonds is 6. The summed E-state index contributed by atoms with van der Waals surface area (Å²) in [5.41, 5.74) is 4.58. The van der Waals surface area contributed by atoms with Crippen LogP contribution in [0, 0.1) is 25.2 Å². The topological polar surface area (TPSA) is 21.3 Å². The van der Waals surface area contributed by atoms with Crippen molar-refractivity contribution >= 4 is 0 Å². The molecule has 0 aromatic heterocycles. The lowest BCUT2D eigenvalue weighted by atomic mass is 9.73. The van der Waals surface area contributed by atoms with Crippen LogP contribution in [-0.4, -0.2) is 25.8 Å². The molecule has 1 saturated heterocycles. The molecular formula is C19H29NO. The summed E-state index contributed by atoms with van der Waals surface area (Å²) in [6.45, 7) is 9.70. The van der Waals surface area contributed by atoms with E-state index >= 15 is 0 Å². The van der Waals surface area contributed by atoms with Crippen LogP contribution in [0.15, 0.2) is 18.2 Å². The predicted molar refractivity (Wildman–Crippen MR) is 87.7 cm³/mol. The fourth-order valence-electron chi connectivity index (χ4n) is 3.88. The summed E-state index contributed by atoms with van der Waals surface area (Å²) in [7, 11) is 0. The first-order valence-corrected chi connectivity index (χ1v) is 8.53. The molecule has 2 fully saturated rings. The normalized spacial score (nSPS) is 29.0. The first-order chi connectivity index (χ1) is 10.1. The van der Waals surface area contributed by atoms with Crippen molar-refractivity contribution in [2.75, 3.05) is 19.7 Å². The fourth-order valence-corrected chi connectivity index (χ4v) is 3.88. The van der Waals surface area contributed by atoms with Crippen molar-refractivity contribution in [3.05, 3.63) is 34.9 Å². The molecule has 2 aliphatic rings. The molecule has 2 atom stereocenters. The smallest absolute Gasteiger partial charge is 0.0675 e. The van der Waals surface area contributed by atoms with Crippen LogP contribution in [0.2, 0.25) is 0 Å². The predicted octanol–water partition coefficient (Wildman–Crippen LogP) is 3.64. The molecule has 1 aromatic rings. The third-order valence-corrected chi connectivity index (χ3v) is 5.41. The van der Waals surface area contributed by atoms with Crippen LogP contribution in [0.25, 0.3) is 0 Å². The van der Waals surface area contributed by atoms with Crippen molar-refractivity contribution < 1.29 is 4.74 Å². The van der Waals surface area contributed by atoms with Gasteiger partial charge in [-0.3, -0.25) is 0 Å². The largest absolute Gasteiger partial charge is 0.377 e. The Morgan fingerprint density at radius 1 is 1.24 bits per heavy atom. The van der Waals surface area contributed by atoms with E-state index in [0.717, 1.165) is 32.0 Å². The molecule has 2 heteroatoms. The van der Waals surface area contributed by atoms with Gasteiger partial charge >= 0.3 is 0 Å². The molecule has 1 N–H and O–H groups in total. The van der Waals surface area contributed by atoms with E-state index in [2.05, 4.69) is 44.3 Å². The van der Waals surface area contributed by atoms with Crippen LogP contribution in [0.4, 0.5) is 0 Å². The van der Waals surface area contributed by atoms with Crippen molar-refractivity contribution in [2.24, 2.45) is 11.3 Å². The van der Waals surface area contributed by atoms with Crippen molar-refractivity contribution in [3.8, 4) is 0 Å². The van der Waals surface area contributed by atoms with Crippen LogP contribution in [0.3, 0.4) is 0 Å². The van der Waals surface area contributed by atoms with Gasteiger partial charge in [0.15, 0.2) is 0 Å². The van der Waals surface area contributed by atoms with Crippen LogP contribution in [0.1, 0.15) is 42.9 Å². The van der Waals surface area contributed by atoms with Crippen molar-refractivity contribution in [1.29, 1.82) is 0 Å². The third-order valence-electron chi connectivity index (χ3n) is 5.41. The molecule has 2 nitrogen and oxygen atoms in total. The molecule has 0 spiro atoms. The van der Waals surface area contributed by atoms with Gasteiger partial charge in [0.1, 0.15) is 0 Å². The minimum absolute atomic E-state index is 0.304. The van der Waals surface area contributed by atoms with E-state index in [-0.39, 0.29) is 0 Å². The Hall–Kier alpha value is -0.860. The maximum atomic E-state index is 6.18. The molecule has 21 heavy (non-hydrogen) atoms. The van der Waals surface area contributed by atoms with Gasteiger partial charge in [0.05, 0.1) is 6.10 Å². The zero-order chi connectivity index (χ0) is 14.9. The first-order valence-electron chi connectivity index (χ1n) is 8.53. The Kier molecular flexibility index (Phi) is 4.37. The van der Waals surface area contributed by atoms with Gasteiger partial charge in [-0.25, -0.2) is 0 Å². The van der Waals surface area contributed by atoms with Crippen molar-refractivity contribution in [1.82, 2.24) is 5.32 Å². The first kappa shape index (κ1) is 15.1. The van der Waals surface area contributed by atoms with E-state index in [9.17, 15) is 0 Å². The maximum absolute atomic E-state index is 6.18. The lowest BCUT2D eigenvalue weighted by Crippen LogP contribution is -2.43. The molecule has 1 aliphatic carbocycles. The molecule has 1 aromatic carbocycles. The van der Waals surface area contributed by atoms with E-state index in [1.807, 2.05) is 0 Å². The quantitative estimate of drug-likeness (QED) is 0.862. The molecule has 0 amide bonds. The van der Waals surface area contributed by atoms with Crippen LogP contribution in [-0.2, 0) is 11.2 Å². The van der Waals surface area contributed by atoms with Crippen molar-refractivity contribution in [2.45, 2.75) is 52.6 Å². The molecule has 0 radical (unpaired) electrons. The molecular weight excluding hydrogens is 258 g/mol. The van der Waals surface area contributed by atoms with Gasteiger partial charge in [-0.15, -0.1) is 0 Å². The summed E-state index contributed by atoms with van der Waals surface area (Å²) in [4.78, 5) is 0. The highest BCUT2D eigenvalue weighted by Crippen LogP contribution is 2.49. The molecule has 1 aliphatic heterocycles. The van der Waals surface area contributed by atoms with E-state index in [1.165, 1.54) is 36.0 Å². The van der Waals surface area contributed by atoms with Crippen LogP contribution >= 0.6 is 0 Å². The van der Waals surface area contributed by atoms with E-state index in [0.29, 0.717) is 11.5 Å². The summed E-state index contributed by atoms with van der Waals surface area (Å²) < 4.78 is 6.18. The van der Waals surface area contributed by atoms with Crippen LogP contribution < -0.4 is 5.32 Å². The number of aryl methyl sites for hydroxylation is 2. The Morgan fingerprint density at radius 3 is 2.71 bits per heavy atom. The van der Waals surface area contributed by atoms with E-state index in [4.69, 9.17) is 4.74 Å². The van der Waals surface area contributed by atoms with E-state index < -0.39 is 0 Å². The number of benzene rings is 1. The summed E-state index contributed by atoms with van der Waals surface area (Å²) in [6, 6.07) is 6.97. The Bertz CT molecular complexity index is 494. The second-order valence-corrected chi connectivity index (χ2v) is 7.12. The highest BCUT2D eigenvalue weighted by atomic mass is 16.5. The zero-order valence-corrected chi connectivity index (χ0v) is 13.7. The van der Waals surface area contributed by atoms with Gasteiger partial charge < -0.3 is 10.1 Å². The summed E-state index contributed by atoms with van der Waals surface area (Å²) in [5, 5.41) is 3.61. The molecule has 116 valence electrons. The molecule has 1 saturated carbocycles. The molecule has 2 unspecified atom stereocenters. The average Bonchev–Trinajstić information content (AvgIpc) is 3.23. The van der Waals surface area contributed by atoms with Gasteiger partial charge in [0.2, 0.25) is 0 Å². The van der Waals surface area contributed by atoms with Crippen molar-refractivity contribution in [3.63, 3.8) is 0 Å². The Morgan fingerprint density at radius 2 is 2.05 bits per heavy atom. The minimum Gasteiger partial charge on any atom is -0.377 e. The number of hydrogen-bond donors (Lipinski definition) is 1. The fraction of sp³-hybridized carbons (Fsp3) is 0.684. The Balaban J connectivity index is 1.82.